The molecule has 0 saturated carbocycles. The van der Waals surface area contributed by atoms with Crippen LogP contribution in [0.4, 0.5) is 0 Å². The van der Waals surface area contributed by atoms with Crippen LogP contribution in [-0.2, 0) is 15.6 Å². The third kappa shape index (κ3) is 4.21. The van der Waals surface area contributed by atoms with E-state index in [0.29, 0.717) is 0 Å². The van der Waals surface area contributed by atoms with Crippen molar-refractivity contribution in [1.29, 1.82) is 0 Å². The van der Waals surface area contributed by atoms with E-state index in [2.05, 4.69) is 97.6 Å². The summed E-state index contributed by atoms with van der Waals surface area (Å²) >= 11 is -4.73. The van der Waals surface area contributed by atoms with Crippen molar-refractivity contribution in [2.45, 2.75) is 47.0 Å². The first-order valence-corrected chi connectivity index (χ1v) is 30.7. The van der Waals surface area contributed by atoms with Gasteiger partial charge >= 0.3 is 249 Å². The Labute approximate surface area is 247 Å². The number of benzene rings is 2. The number of nitrogens with zero attached hydrogens (tertiary/aromatic N) is 2. The van der Waals surface area contributed by atoms with Crippen LogP contribution in [0.25, 0.3) is 34.4 Å². The summed E-state index contributed by atoms with van der Waals surface area (Å²) < 4.78 is 0.196. The van der Waals surface area contributed by atoms with Gasteiger partial charge in [0.15, 0.2) is 0 Å². The second-order valence-electron chi connectivity index (χ2n) is 11.5. The van der Waals surface area contributed by atoms with Crippen molar-refractivity contribution >= 4 is 35.1 Å². The predicted molar refractivity (Wildman–Crippen MR) is 172 cm³/mol. The topological polar surface area (TPSA) is 25.8 Å². The van der Waals surface area contributed by atoms with Crippen molar-refractivity contribution in [2.75, 3.05) is 0 Å². The summed E-state index contributed by atoms with van der Waals surface area (Å²) in [6.45, 7) is 9.36. The van der Waals surface area contributed by atoms with E-state index in [-0.39, 0.29) is 7.25 Å². The van der Waals surface area contributed by atoms with Crippen LogP contribution in [-0.4, -0.2) is 15.9 Å². The van der Waals surface area contributed by atoms with Crippen LogP contribution in [0, 0.1) is 0 Å². The van der Waals surface area contributed by atoms with Gasteiger partial charge in [-0.3, -0.25) is 0 Å². The molecule has 40 heavy (non-hydrogen) atoms. The zero-order valence-corrected chi connectivity index (χ0v) is 28.7. The second kappa shape index (κ2) is 10.6. The molecule has 2 aliphatic carbocycles. The van der Waals surface area contributed by atoms with E-state index in [1.54, 1.807) is 0 Å². The average Bonchev–Trinajstić information content (AvgIpc) is 3.57. The second-order valence-corrected chi connectivity index (χ2v) is 54.0. The van der Waals surface area contributed by atoms with Gasteiger partial charge in [0.2, 0.25) is 0 Å². The third-order valence-electron chi connectivity index (χ3n) is 9.27. The van der Waals surface area contributed by atoms with Crippen LogP contribution < -0.4 is 0 Å². The first kappa shape index (κ1) is 28.0. The summed E-state index contributed by atoms with van der Waals surface area (Å²) in [6, 6.07) is 21.7. The summed E-state index contributed by atoms with van der Waals surface area (Å²) in [5, 5.41) is 0. The van der Waals surface area contributed by atoms with E-state index >= 15 is 0 Å². The summed E-state index contributed by atoms with van der Waals surface area (Å²) in [7, 11) is 16.9. The van der Waals surface area contributed by atoms with Gasteiger partial charge in [-0.25, -0.2) is 0 Å². The fourth-order valence-corrected chi connectivity index (χ4v) is 39.0. The number of hydrogen-bond donors (Lipinski definition) is 0. The number of fused-ring (bicyclic) bond motifs is 2. The van der Waals surface area contributed by atoms with Crippen molar-refractivity contribution in [2.24, 2.45) is 0 Å². The predicted octanol–water partition coefficient (Wildman–Crippen LogP) is 10.2. The van der Waals surface area contributed by atoms with Crippen molar-refractivity contribution in [3.8, 4) is 22.3 Å². The normalized spacial score (nSPS) is 19.0. The van der Waals surface area contributed by atoms with Crippen LogP contribution in [0.15, 0.2) is 96.6 Å². The maximum atomic E-state index is 8.47. The van der Waals surface area contributed by atoms with Gasteiger partial charge in [0.1, 0.15) is 0 Å². The Morgan fingerprint density at radius 1 is 0.675 bits per heavy atom. The first-order chi connectivity index (χ1) is 19.3. The van der Waals surface area contributed by atoms with Crippen LogP contribution in [0.3, 0.4) is 0 Å². The first-order valence-electron chi connectivity index (χ1n) is 14.3. The standard InChI is InChI=1S/2C16H14N.C2H7Si.2ClH.Zr/c2*1-2-12-9-13-5-3-7-15(16(13)10-12)14-6-4-8-17-11-14;1-3-2;;;/h2*3-11H,2H2,1H3;3H,1-2H3;2*1H;/q;;;;;+2/p-2. The van der Waals surface area contributed by atoms with Crippen molar-refractivity contribution < 1.29 is 15.6 Å². The molecule has 2 unspecified atom stereocenters. The molecular weight excluding hydrogens is 627 g/mol. The Morgan fingerprint density at radius 3 is 1.48 bits per heavy atom. The molecule has 2 atom stereocenters. The number of aromatic nitrogens is 2. The number of hydrogen-bond acceptors (Lipinski definition) is 2. The summed E-state index contributed by atoms with van der Waals surface area (Å²) in [4.78, 5) is 8.83. The summed E-state index contributed by atoms with van der Waals surface area (Å²) in [5.41, 5.74) is 12.7. The molecule has 2 nitrogen and oxygen atoms in total. The minimum absolute atomic E-state index is 0.0982. The van der Waals surface area contributed by atoms with Crippen LogP contribution in [0.2, 0.25) is 13.1 Å². The Bertz CT molecular complexity index is 1530. The zero-order chi connectivity index (χ0) is 28.1. The van der Waals surface area contributed by atoms with Gasteiger partial charge < -0.3 is 0 Å². The van der Waals surface area contributed by atoms with E-state index in [4.69, 9.17) is 17.0 Å². The van der Waals surface area contributed by atoms with Crippen molar-refractivity contribution in [1.82, 2.24) is 9.97 Å². The molecule has 2 aromatic heterocycles. The molecule has 2 heterocycles. The average molecular weight is 662 g/mol. The van der Waals surface area contributed by atoms with Gasteiger partial charge in [0.25, 0.3) is 0 Å². The Morgan fingerprint density at radius 2 is 1.12 bits per heavy atom. The fourth-order valence-electron chi connectivity index (χ4n) is 7.22. The van der Waals surface area contributed by atoms with Crippen LogP contribution in [0.5, 0.6) is 0 Å². The number of halogens is 2. The molecule has 0 aliphatic heterocycles. The van der Waals surface area contributed by atoms with Gasteiger partial charge in [-0.1, -0.05) is 0 Å². The molecule has 6 rings (SSSR count). The molecule has 2 aromatic carbocycles. The minimum atomic E-state index is -4.73. The molecule has 0 spiro atoms. The van der Waals surface area contributed by atoms with Crippen molar-refractivity contribution in [3.05, 3.63) is 119 Å². The molecule has 0 radical (unpaired) electrons. The Balaban J connectivity index is 1.59. The summed E-state index contributed by atoms with van der Waals surface area (Å²) in [5.74, 6) is -1.59. The number of allylic oxidation sites excluding steroid dienone is 2. The van der Waals surface area contributed by atoms with Gasteiger partial charge in [-0.05, 0) is 0 Å². The molecule has 0 saturated heterocycles. The number of pyridine rings is 2. The molecule has 6 heteroatoms. The summed E-state index contributed by atoms with van der Waals surface area (Å²) in [6.07, 6.45) is 14.3. The van der Waals surface area contributed by atoms with E-state index in [0.717, 1.165) is 24.0 Å². The van der Waals surface area contributed by atoms with E-state index in [9.17, 15) is 0 Å². The zero-order valence-electron chi connectivity index (χ0n) is 23.5. The Kier molecular flexibility index (Phi) is 7.45. The van der Waals surface area contributed by atoms with E-state index in [1.165, 1.54) is 44.5 Å². The van der Waals surface area contributed by atoms with E-state index in [1.807, 2.05) is 36.9 Å². The van der Waals surface area contributed by atoms with Crippen LogP contribution in [0.1, 0.15) is 56.2 Å². The van der Waals surface area contributed by atoms with Crippen LogP contribution >= 0.6 is 17.0 Å². The molecule has 0 bridgehead atoms. The number of rotatable bonds is 7. The molecule has 203 valence electrons. The Hall–Kier alpha value is -2.10. The monoisotopic (exact) mass is 659 g/mol. The molecule has 0 N–H and O–H groups in total. The van der Waals surface area contributed by atoms with Gasteiger partial charge in [-0.15, -0.1) is 0 Å². The van der Waals surface area contributed by atoms with Gasteiger partial charge in [0, 0.05) is 0 Å². The molecule has 4 aromatic rings. The van der Waals surface area contributed by atoms with Gasteiger partial charge in [0.05, 0.1) is 0 Å². The molecular formula is C34H35Cl2N2SiZr. The maximum absolute atomic E-state index is 8.47. The quantitative estimate of drug-likeness (QED) is 0.184. The molecule has 0 amide bonds. The fraction of sp³-hybridized carbons (Fsp3) is 0.235. The molecule has 2 aliphatic rings. The van der Waals surface area contributed by atoms with Crippen molar-refractivity contribution in [3.63, 3.8) is 0 Å². The van der Waals surface area contributed by atoms with E-state index < -0.39 is 21.5 Å². The SMILES string of the molecule is CCC1=Cc2c(-c3cccnc3)cccc2[CH]1[Zr]([Cl])([Cl])([CH]1C(CC)=Cc2c(-c3cccnc3)cccc21)[SiH](C)C. The van der Waals surface area contributed by atoms with Gasteiger partial charge in [-0.2, -0.15) is 0 Å². The third-order valence-corrected chi connectivity index (χ3v) is 61.1. The molecule has 0 fully saturated rings.